The van der Waals surface area contributed by atoms with Crippen LogP contribution in [0, 0.1) is 0 Å². The Morgan fingerprint density at radius 3 is 2.88 bits per heavy atom. The lowest BCUT2D eigenvalue weighted by molar-refractivity contribution is -0.297. The van der Waals surface area contributed by atoms with Crippen LogP contribution in [-0.4, -0.2) is 12.8 Å². The summed E-state index contributed by atoms with van der Waals surface area (Å²) in [6, 6.07) is 5.53. The van der Waals surface area contributed by atoms with E-state index in [4.69, 9.17) is 9.47 Å². The van der Waals surface area contributed by atoms with E-state index in [2.05, 4.69) is 0 Å². The van der Waals surface area contributed by atoms with Crippen LogP contribution in [0.1, 0.15) is 12.5 Å². The molecule has 1 aliphatic rings. The molecule has 0 saturated heterocycles. The Morgan fingerprint density at radius 2 is 2.12 bits per heavy atom. The summed E-state index contributed by atoms with van der Waals surface area (Å²) in [5.41, 5.74) is 1.53. The summed E-state index contributed by atoms with van der Waals surface area (Å²) >= 11 is 0. The lowest BCUT2D eigenvalue weighted by atomic mass is 10.1. The molecular weight excluding hydrogens is 220 g/mol. The van der Waals surface area contributed by atoms with Crippen molar-refractivity contribution < 1.29 is 19.4 Å². The molecule has 0 aromatic heterocycles. The second kappa shape index (κ2) is 4.74. The molecule has 0 radical (unpaired) electrons. The first kappa shape index (κ1) is 11.3. The van der Waals surface area contributed by atoms with Crippen molar-refractivity contribution in [3.63, 3.8) is 0 Å². The number of allylic oxidation sites excluding steroid dienone is 2. The Balaban J connectivity index is 2.14. The number of carbonyl (C=O) groups excluding carboxylic acids is 1. The third-order valence-corrected chi connectivity index (χ3v) is 2.28. The molecule has 0 spiro atoms. The van der Waals surface area contributed by atoms with Gasteiger partial charge in [0, 0.05) is 0 Å². The predicted octanol–water partition coefficient (Wildman–Crippen LogP) is 1.12. The van der Waals surface area contributed by atoms with Gasteiger partial charge in [-0.3, -0.25) is 0 Å². The zero-order valence-electron chi connectivity index (χ0n) is 9.30. The van der Waals surface area contributed by atoms with Crippen LogP contribution in [0.4, 0.5) is 0 Å². The number of hydrogen-bond donors (Lipinski definition) is 0. The van der Waals surface area contributed by atoms with E-state index in [9.17, 15) is 9.90 Å². The van der Waals surface area contributed by atoms with Crippen molar-refractivity contribution in [2.24, 2.45) is 0 Å². The lowest BCUT2D eigenvalue weighted by Gasteiger charge is -1.98. The van der Waals surface area contributed by atoms with Gasteiger partial charge in [0.2, 0.25) is 6.79 Å². The Morgan fingerprint density at radius 1 is 1.35 bits per heavy atom. The second-order valence-corrected chi connectivity index (χ2v) is 3.65. The molecule has 0 aliphatic carbocycles. The molecule has 1 aliphatic heterocycles. The highest BCUT2D eigenvalue weighted by Crippen LogP contribution is 2.32. The van der Waals surface area contributed by atoms with Crippen LogP contribution >= 0.6 is 0 Å². The van der Waals surface area contributed by atoms with E-state index in [1.54, 1.807) is 19.1 Å². The summed E-state index contributed by atoms with van der Waals surface area (Å²) in [5, 5.41) is 10.3. The Hall–Kier alpha value is -2.23. The fraction of sp³-hybridized carbons (Fsp3) is 0.154. The van der Waals surface area contributed by atoms with Gasteiger partial charge >= 0.3 is 0 Å². The van der Waals surface area contributed by atoms with Crippen molar-refractivity contribution in [2.45, 2.75) is 6.92 Å². The Labute approximate surface area is 98.8 Å². The van der Waals surface area contributed by atoms with E-state index >= 15 is 0 Å². The summed E-state index contributed by atoms with van der Waals surface area (Å²) in [7, 11) is 0. The number of carbonyl (C=O) groups is 1. The molecule has 17 heavy (non-hydrogen) atoms. The van der Waals surface area contributed by atoms with Crippen molar-refractivity contribution in [2.75, 3.05) is 6.79 Å². The quantitative estimate of drug-likeness (QED) is 0.578. The second-order valence-electron chi connectivity index (χ2n) is 3.65. The number of fused-ring (bicyclic) bond motifs is 1. The molecule has 88 valence electrons. The van der Waals surface area contributed by atoms with Gasteiger partial charge in [-0.2, -0.15) is 0 Å². The fourth-order valence-electron chi connectivity index (χ4n) is 1.48. The minimum atomic E-state index is -1.20. The van der Waals surface area contributed by atoms with Gasteiger partial charge in [-0.15, -0.1) is 0 Å². The molecule has 0 N–H and O–H groups in total. The number of rotatable bonds is 3. The third-order valence-electron chi connectivity index (χ3n) is 2.28. The molecule has 0 unspecified atom stereocenters. The van der Waals surface area contributed by atoms with Gasteiger partial charge in [0.15, 0.2) is 11.5 Å². The highest BCUT2D eigenvalue weighted by molar-refractivity contribution is 5.79. The lowest BCUT2D eigenvalue weighted by Crippen LogP contribution is -2.19. The number of carboxylic acid groups (broad SMARTS) is 1. The van der Waals surface area contributed by atoms with Gasteiger partial charge in [0.1, 0.15) is 0 Å². The van der Waals surface area contributed by atoms with Crippen LogP contribution < -0.4 is 14.6 Å². The van der Waals surface area contributed by atoms with Crippen molar-refractivity contribution in [1.29, 1.82) is 0 Å². The standard InChI is InChI=1S/C13H12O4/c1-9(6-13(14)15)2-3-10-4-5-11-12(7-10)17-8-16-11/h2-7H,8H2,1H3,(H,14,15)/p-1/b3-2+,9-6-. The first-order valence-corrected chi connectivity index (χ1v) is 5.12. The molecule has 1 aromatic carbocycles. The van der Waals surface area contributed by atoms with Crippen LogP contribution in [0.15, 0.2) is 35.9 Å². The van der Waals surface area contributed by atoms with E-state index < -0.39 is 5.97 Å². The molecule has 4 nitrogen and oxygen atoms in total. The van der Waals surface area contributed by atoms with Crippen molar-refractivity contribution in [3.8, 4) is 11.5 Å². The van der Waals surface area contributed by atoms with Gasteiger partial charge < -0.3 is 19.4 Å². The van der Waals surface area contributed by atoms with E-state index in [-0.39, 0.29) is 6.79 Å². The third kappa shape index (κ3) is 2.87. The zero-order valence-corrected chi connectivity index (χ0v) is 9.30. The van der Waals surface area contributed by atoms with Crippen molar-refractivity contribution in [1.82, 2.24) is 0 Å². The molecular formula is C13H11O4-. The highest BCUT2D eigenvalue weighted by atomic mass is 16.7. The monoisotopic (exact) mass is 231 g/mol. The number of aliphatic carboxylic acids is 1. The topological polar surface area (TPSA) is 58.6 Å². The molecule has 0 bridgehead atoms. The van der Waals surface area contributed by atoms with Gasteiger partial charge in [-0.25, -0.2) is 0 Å². The number of ether oxygens (including phenoxy) is 2. The minimum absolute atomic E-state index is 0.242. The Kier molecular flexibility index (Phi) is 3.14. The summed E-state index contributed by atoms with van der Waals surface area (Å²) in [5.74, 6) is 0.232. The highest BCUT2D eigenvalue weighted by Gasteiger charge is 2.11. The summed E-state index contributed by atoms with van der Waals surface area (Å²) in [6.45, 7) is 1.94. The summed E-state index contributed by atoms with van der Waals surface area (Å²) < 4.78 is 10.4. The first-order valence-electron chi connectivity index (χ1n) is 5.12. The van der Waals surface area contributed by atoms with Crippen LogP contribution in [0.2, 0.25) is 0 Å². The predicted molar refractivity (Wildman–Crippen MR) is 60.4 cm³/mol. The van der Waals surface area contributed by atoms with Crippen LogP contribution in [0.25, 0.3) is 6.08 Å². The average Bonchev–Trinajstić information content (AvgIpc) is 2.72. The van der Waals surface area contributed by atoms with E-state index in [0.717, 1.165) is 17.4 Å². The molecule has 2 rings (SSSR count). The van der Waals surface area contributed by atoms with Crippen LogP contribution in [0.5, 0.6) is 11.5 Å². The molecule has 0 atom stereocenters. The molecule has 0 saturated carbocycles. The smallest absolute Gasteiger partial charge is 0.231 e. The largest absolute Gasteiger partial charge is 0.545 e. The van der Waals surface area contributed by atoms with Crippen LogP contribution in [0.3, 0.4) is 0 Å². The summed E-state index contributed by atoms with van der Waals surface area (Å²) in [4.78, 5) is 10.3. The maximum Gasteiger partial charge on any atom is 0.231 e. The zero-order chi connectivity index (χ0) is 12.3. The van der Waals surface area contributed by atoms with Crippen LogP contribution in [-0.2, 0) is 4.79 Å². The van der Waals surface area contributed by atoms with Crippen molar-refractivity contribution >= 4 is 12.0 Å². The summed E-state index contributed by atoms with van der Waals surface area (Å²) in [6.07, 6.45) is 4.55. The van der Waals surface area contributed by atoms with Gasteiger partial charge in [-0.05, 0) is 36.3 Å². The number of hydrogen-bond acceptors (Lipinski definition) is 4. The maximum atomic E-state index is 10.3. The Bertz CT molecular complexity index is 500. The SMILES string of the molecule is CC(=C/C(=O)[O-])/C=C/c1ccc2c(c1)OCO2. The average molecular weight is 231 g/mol. The molecule has 1 heterocycles. The maximum absolute atomic E-state index is 10.3. The minimum Gasteiger partial charge on any atom is -0.545 e. The number of benzene rings is 1. The van der Waals surface area contributed by atoms with E-state index in [1.165, 1.54) is 0 Å². The molecule has 0 amide bonds. The van der Waals surface area contributed by atoms with Gasteiger partial charge in [0.05, 0.1) is 5.97 Å². The van der Waals surface area contributed by atoms with E-state index in [0.29, 0.717) is 11.3 Å². The van der Waals surface area contributed by atoms with Crippen molar-refractivity contribution in [3.05, 3.63) is 41.5 Å². The normalized spacial score (nSPS) is 14.3. The van der Waals surface area contributed by atoms with E-state index in [1.807, 2.05) is 18.2 Å². The first-order chi connectivity index (χ1) is 8.15. The van der Waals surface area contributed by atoms with Gasteiger partial charge in [0.25, 0.3) is 0 Å². The molecule has 1 aromatic rings. The van der Waals surface area contributed by atoms with Gasteiger partial charge in [-0.1, -0.05) is 18.2 Å². The molecule has 0 fully saturated rings. The number of carboxylic acids is 1. The molecule has 4 heteroatoms. The fourth-order valence-corrected chi connectivity index (χ4v) is 1.48.